The quantitative estimate of drug-likeness (QED) is 0.268. The lowest BCUT2D eigenvalue weighted by Crippen LogP contribution is -2.31. The number of hydrogen-bond donors (Lipinski definition) is 1. The van der Waals surface area contributed by atoms with Crippen LogP contribution in [0.1, 0.15) is 37.3 Å². The van der Waals surface area contributed by atoms with E-state index >= 15 is 0 Å². The van der Waals surface area contributed by atoms with Crippen LogP contribution in [0.5, 0.6) is 11.5 Å². The molecule has 0 spiro atoms. The highest BCUT2D eigenvalue weighted by Crippen LogP contribution is 2.41. The van der Waals surface area contributed by atoms with Crippen LogP contribution in [0, 0.1) is 6.92 Å². The zero-order valence-electron chi connectivity index (χ0n) is 19.9. The number of amides is 1. The van der Waals surface area contributed by atoms with Gasteiger partial charge in [0.2, 0.25) is 0 Å². The number of nitrogens with one attached hydrogen (secondary N) is 1. The number of hydrogen-bond acceptors (Lipinski definition) is 6. The summed E-state index contributed by atoms with van der Waals surface area (Å²) in [7, 11) is 4.92. The zero-order chi connectivity index (χ0) is 23.3. The lowest BCUT2D eigenvalue weighted by molar-refractivity contribution is -0.0323. The first-order chi connectivity index (χ1) is 15.5. The van der Waals surface area contributed by atoms with Gasteiger partial charge in [0.1, 0.15) is 19.1 Å². The summed E-state index contributed by atoms with van der Waals surface area (Å²) in [6, 6.07) is 12.2. The Kier molecular flexibility index (Phi) is 10.8. The van der Waals surface area contributed by atoms with E-state index in [2.05, 4.69) is 24.4 Å². The van der Waals surface area contributed by atoms with E-state index in [-0.39, 0.29) is 6.61 Å². The molecule has 7 heteroatoms. The minimum Gasteiger partial charge on any atom is -0.478 e. The van der Waals surface area contributed by atoms with Crippen molar-refractivity contribution in [1.82, 2.24) is 10.4 Å². The summed E-state index contributed by atoms with van der Waals surface area (Å²) in [6.45, 7) is 5.05. The molecule has 0 atom stereocenters. The highest BCUT2D eigenvalue weighted by atomic mass is 16.7. The van der Waals surface area contributed by atoms with Crippen LogP contribution >= 0.6 is 0 Å². The second-order valence-corrected chi connectivity index (χ2v) is 7.63. The summed E-state index contributed by atoms with van der Waals surface area (Å²) in [5.41, 5.74) is 3.96. The molecule has 0 aliphatic rings. The van der Waals surface area contributed by atoms with E-state index < -0.39 is 6.09 Å². The standard InChI is InChI=1S/C25H36N2O5/c1-6-7-8-11-20-16-22(31-18-26-3)24(21-12-9-10-19(2)15-21)23(17-20)32-27(4)25(28)30-14-13-29-5/h9-10,12,15-17,26H,6-8,11,13-14,18H2,1-5H3. The molecule has 0 bridgehead atoms. The molecule has 0 aliphatic heterocycles. The first-order valence-corrected chi connectivity index (χ1v) is 11.1. The Labute approximate surface area is 191 Å². The fourth-order valence-corrected chi connectivity index (χ4v) is 3.28. The van der Waals surface area contributed by atoms with E-state index in [0.29, 0.717) is 24.8 Å². The third-order valence-electron chi connectivity index (χ3n) is 4.88. The molecule has 0 radical (unpaired) electrons. The van der Waals surface area contributed by atoms with Crippen molar-refractivity contribution in [2.45, 2.75) is 39.5 Å². The van der Waals surface area contributed by atoms with Crippen LogP contribution in [-0.2, 0) is 15.9 Å². The maximum Gasteiger partial charge on any atom is 0.443 e. The van der Waals surface area contributed by atoms with Crippen LogP contribution in [0.25, 0.3) is 11.1 Å². The van der Waals surface area contributed by atoms with Gasteiger partial charge in [-0.05, 0) is 50.1 Å². The van der Waals surface area contributed by atoms with Crippen LogP contribution in [0.3, 0.4) is 0 Å². The van der Waals surface area contributed by atoms with Crippen molar-refractivity contribution in [1.29, 1.82) is 0 Å². The third-order valence-corrected chi connectivity index (χ3v) is 4.88. The van der Waals surface area contributed by atoms with E-state index in [4.69, 9.17) is 19.0 Å². The van der Waals surface area contributed by atoms with Crippen molar-refractivity contribution >= 4 is 6.09 Å². The van der Waals surface area contributed by atoms with Gasteiger partial charge in [-0.3, -0.25) is 5.32 Å². The zero-order valence-corrected chi connectivity index (χ0v) is 19.9. The predicted octanol–water partition coefficient (Wildman–Crippen LogP) is 4.96. The van der Waals surface area contributed by atoms with Gasteiger partial charge in [-0.1, -0.05) is 49.6 Å². The van der Waals surface area contributed by atoms with Crippen LogP contribution in [-0.4, -0.2) is 52.3 Å². The minimum absolute atomic E-state index is 0.154. The number of rotatable bonds is 13. The van der Waals surface area contributed by atoms with Gasteiger partial charge in [-0.2, -0.15) is 0 Å². The average molecular weight is 445 g/mol. The number of methoxy groups -OCH3 is 1. The molecule has 0 aliphatic carbocycles. The molecule has 0 heterocycles. The van der Waals surface area contributed by atoms with E-state index in [1.165, 1.54) is 7.05 Å². The summed E-state index contributed by atoms with van der Waals surface area (Å²) in [5, 5.41) is 4.12. The molecule has 1 N–H and O–H groups in total. The SMILES string of the molecule is CCCCCc1cc(OCNC)c(-c2cccc(C)c2)c(ON(C)C(=O)OCCOC)c1. The maximum atomic E-state index is 12.4. The normalized spacial score (nSPS) is 10.7. The predicted molar refractivity (Wildman–Crippen MR) is 126 cm³/mol. The second-order valence-electron chi connectivity index (χ2n) is 7.63. The maximum absolute atomic E-state index is 12.4. The van der Waals surface area contributed by atoms with E-state index in [1.54, 1.807) is 7.11 Å². The van der Waals surface area contributed by atoms with Crippen molar-refractivity contribution in [3.63, 3.8) is 0 Å². The fraction of sp³-hybridized carbons (Fsp3) is 0.480. The van der Waals surface area contributed by atoms with E-state index in [0.717, 1.165) is 53.0 Å². The van der Waals surface area contributed by atoms with Gasteiger partial charge in [-0.25, -0.2) is 4.79 Å². The number of hydroxylamine groups is 2. The molecule has 2 aromatic rings. The van der Waals surface area contributed by atoms with Gasteiger partial charge in [0.25, 0.3) is 0 Å². The first kappa shape index (κ1) is 25.5. The molecule has 2 aromatic carbocycles. The Morgan fingerprint density at radius 2 is 1.88 bits per heavy atom. The molecule has 0 unspecified atom stereocenters. The number of carbonyl (C=O) groups is 1. The van der Waals surface area contributed by atoms with Crippen LogP contribution in [0.2, 0.25) is 0 Å². The molecular formula is C25H36N2O5. The summed E-state index contributed by atoms with van der Waals surface area (Å²) in [4.78, 5) is 18.4. The Hall–Kier alpha value is -2.77. The molecule has 1 amide bonds. The van der Waals surface area contributed by atoms with Crippen molar-refractivity contribution in [2.24, 2.45) is 0 Å². The highest BCUT2D eigenvalue weighted by molar-refractivity contribution is 5.78. The number of aryl methyl sites for hydroxylation is 2. The number of unbranched alkanes of at least 4 members (excludes halogenated alkanes) is 2. The Balaban J connectivity index is 2.45. The highest BCUT2D eigenvalue weighted by Gasteiger charge is 2.20. The third kappa shape index (κ3) is 7.73. The summed E-state index contributed by atoms with van der Waals surface area (Å²) >= 11 is 0. The Bertz CT molecular complexity index is 856. The largest absolute Gasteiger partial charge is 0.478 e. The van der Waals surface area contributed by atoms with Crippen molar-refractivity contribution < 1.29 is 23.8 Å². The summed E-state index contributed by atoms with van der Waals surface area (Å²) in [6.07, 6.45) is 3.67. The second kappa shape index (κ2) is 13.6. The van der Waals surface area contributed by atoms with E-state index in [9.17, 15) is 4.79 Å². The van der Waals surface area contributed by atoms with Crippen LogP contribution < -0.4 is 14.9 Å². The van der Waals surface area contributed by atoms with Gasteiger partial charge in [0, 0.05) is 7.11 Å². The molecule has 32 heavy (non-hydrogen) atoms. The minimum atomic E-state index is -0.591. The van der Waals surface area contributed by atoms with Gasteiger partial charge in [0.05, 0.1) is 19.2 Å². The van der Waals surface area contributed by atoms with Gasteiger partial charge in [-0.15, -0.1) is 5.06 Å². The lowest BCUT2D eigenvalue weighted by atomic mass is 9.97. The Morgan fingerprint density at radius 3 is 2.56 bits per heavy atom. The lowest BCUT2D eigenvalue weighted by Gasteiger charge is -2.22. The molecule has 7 nitrogen and oxygen atoms in total. The number of ether oxygens (including phenoxy) is 3. The summed E-state index contributed by atoms with van der Waals surface area (Å²) < 4.78 is 16.2. The average Bonchev–Trinajstić information content (AvgIpc) is 2.77. The molecular weight excluding hydrogens is 408 g/mol. The molecule has 0 saturated heterocycles. The molecule has 0 aromatic heterocycles. The monoisotopic (exact) mass is 444 g/mol. The van der Waals surface area contributed by atoms with Crippen LogP contribution in [0.15, 0.2) is 36.4 Å². The molecule has 0 fully saturated rings. The van der Waals surface area contributed by atoms with Crippen molar-refractivity contribution in [3.8, 4) is 22.6 Å². The number of carbonyl (C=O) groups excluding carboxylic acids is 1. The van der Waals surface area contributed by atoms with Crippen molar-refractivity contribution in [2.75, 3.05) is 41.1 Å². The molecule has 0 saturated carbocycles. The Morgan fingerprint density at radius 1 is 1.09 bits per heavy atom. The van der Waals surface area contributed by atoms with Gasteiger partial charge < -0.3 is 19.0 Å². The number of nitrogens with zero attached hydrogens (tertiary/aromatic N) is 1. The first-order valence-electron chi connectivity index (χ1n) is 11.1. The van der Waals surface area contributed by atoms with Gasteiger partial charge >= 0.3 is 6.09 Å². The topological polar surface area (TPSA) is 69.3 Å². The molecule has 2 rings (SSSR count). The van der Waals surface area contributed by atoms with Crippen molar-refractivity contribution in [3.05, 3.63) is 47.5 Å². The van der Waals surface area contributed by atoms with Gasteiger partial charge in [0.15, 0.2) is 5.75 Å². The summed E-state index contributed by atoms with van der Waals surface area (Å²) in [5.74, 6) is 1.25. The smallest absolute Gasteiger partial charge is 0.443 e. The number of benzene rings is 2. The molecule has 176 valence electrons. The fourth-order valence-electron chi connectivity index (χ4n) is 3.28. The van der Waals surface area contributed by atoms with E-state index in [1.807, 2.05) is 38.2 Å². The van der Waals surface area contributed by atoms with Crippen LogP contribution in [0.4, 0.5) is 4.79 Å².